The minimum atomic E-state index is -1.04. The second kappa shape index (κ2) is 2.58. The maximum Gasteiger partial charge on any atom is 0.379 e. The lowest BCUT2D eigenvalue weighted by Crippen LogP contribution is -2.08. The molecule has 0 atom stereocenters. The number of carbonyl (C=O) groups is 1. The maximum atomic E-state index is 10.3. The van der Waals surface area contributed by atoms with Gasteiger partial charge in [0.2, 0.25) is 5.76 Å². The van der Waals surface area contributed by atoms with Crippen LogP contribution >= 0.6 is 0 Å². The Morgan fingerprint density at radius 3 is 2.90 bits per heavy atom. The molecule has 0 aromatic carbocycles. The van der Waals surface area contributed by atoms with Gasteiger partial charge in [0.25, 0.3) is 0 Å². The molecule has 0 fully saturated rings. The molecule has 0 aliphatic carbocycles. The van der Waals surface area contributed by atoms with Crippen LogP contribution in [0.3, 0.4) is 0 Å². The highest BCUT2D eigenvalue weighted by molar-refractivity contribution is 5.84. The van der Waals surface area contributed by atoms with Crippen LogP contribution < -0.4 is 0 Å². The van der Waals surface area contributed by atoms with Crippen LogP contribution in [0.5, 0.6) is 0 Å². The summed E-state index contributed by atoms with van der Waals surface area (Å²) >= 11 is 0. The molecule has 0 amide bonds. The highest BCUT2D eigenvalue weighted by Crippen LogP contribution is 2.09. The molecular weight excluding hydrogens is 132 g/mol. The zero-order valence-electron chi connectivity index (χ0n) is 5.68. The number of carboxylic acids is 1. The summed E-state index contributed by atoms with van der Waals surface area (Å²) in [6, 6.07) is 0. The second-order valence-electron chi connectivity index (χ2n) is 2.14. The molecule has 0 unspecified atom stereocenters. The summed E-state index contributed by atoms with van der Waals surface area (Å²) in [6.45, 7) is 2.30. The van der Waals surface area contributed by atoms with Crippen molar-refractivity contribution in [3.8, 4) is 0 Å². The van der Waals surface area contributed by atoms with Gasteiger partial charge < -0.3 is 9.84 Å². The summed E-state index contributed by atoms with van der Waals surface area (Å²) < 4.78 is 4.79. The zero-order valence-corrected chi connectivity index (χ0v) is 5.68. The molecule has 0 radical (unpaired) electrons. The molecule has 10 heavy (non-hydrogen) atoms. The van der Waals surface area contributed by atoms with E-state index in [1.807, 2.05) is 6.92 Å². The van der Waals surface area contributed by atoms with Crippen LogP contribution in [0.1, 0.15) is 13.3 Å². The zero-order chi connectivity index (χ0) is 7.56. The predicted molar refractivity (Wildman–Crippen MR) is 34.4 cm³/mol. The Hall–Kier alpha value is -1.21. The first-order chi connectivity index (χ1) is 4.70. The van der Waals surface area contributed by atoms with E-state index in [2.05, 4.69) is 5.73 Å². The minimum Gasteiger partial charge on any atom is -0.480 e. The van der Waals surface area contributed by atoms with Crippen molar-refractivity contribution in [1.82, 2.24) is 0 Å². The van der Waals surface area contributed by atoms with Gasteiger partial charge in [-0.15, -0.1) is 0 Å². The Bertz CT molecular complexity index is 221. The topological polar surface area (TPSA) is 46.5 Å². The Morgan fingerprint density at radius 1 is 1.80 bits per heavy atom. The molecule has 1 aliphatic heterocycles. The van der Waals surface area contributed by atoms with Crippen molar-refractivity contribution in [1.29, 1.82) is 0 Å². The average molecular weight is 140 g/mol. The molecule has 0 aromatic heterocycles. The molecule has 1 N–H and O–H groups in total. The molecule has 0 aromatic rings. The van der Waals surface area contributed by atoms with Crippen molar-refractivity contribution in [3.63, 3.8) is 0 Å². The summed E-state index contributed by atoms with van der Waals surface area (Å²) in [5.41, 5.74) is 3.56. The van der Waals surface area contributed by atoms with Crippen LogP contribution in [0, 0.1) is 0 Å². The largest absolute Gasteiger partial charge is 0.480 e. The van der Waals surface area contributed by atoms with Crippen molar-refractivity contribution >= 4 is 5.97 Å². The third-order valence-corrected chi connectivity index (χ3v) is 1.24. The van der Waals surface area contributed by atoms with Gasteiger partial charge >= 0.3 is 5.97 Å². The first-order valence-electron chi connectivity index (χ1n) is 3.02. The fraction of sp³-hybridized carbons (Fsp3) is 0.429. The standard InChI is InChI=1S/C7H8O3/c1-5-2-3-10-6(4-5)7(8)9/h2-3H2,1H3,(H,8,9). The third-order valence-electron chi connectivity index (χ3n) is 1.24. The number of carboxylic acid groups (broad SMARTS) is 1. The van der Waals surface area contributed by atoms with Crippen LogP contribution in [-0.2, 0) is 9.53 Å². The van der Waals surface area contributed by atoms with Gasteiger partial charge in [0.05, 0.1) is 6.61 Å². The van der Waals surface area contributed by atoms with Gasteiger partial charge in [-0.05, 0) is 12.5 Å². The van der Waals surface area contributed by atoms with Crippen LogP contribution in [-0.4, -0.2) is 17.7 Å². The highest BCUT2D eigenvalue weighted by Gasteiger charge is 2.11. The van der Waals surface area contributed by atoms with E-state index in [0.717, 1.165) is 12.0 Å². The summed E-state index contributed by atoms with van der Waals surface area (Å²) in [7, 11) is 0. The van der Waals surface area contributed by atoms with E-state index in [0.29, 0.717) is 6.61 Å². The van der Waals surface area contributed by atoms with Crippen LogP contribution in [0.2, 0.25) is 0 Å². The number of aliphatic carboxylic acids is 1. The molecule has 0 spiro atoms. The lowest BCUT2D eigenvalue weighted by Gasteiger charge is -2.08. The average Bonchev–Trinajstić information content (AvgIpc) is 1.88. The monoisotopic (exact) mass is 140 g/mol. The lowest BCUT2D eigenvalue weighted by atomic mass is 10.2. The number of hydrogen-bond donors (Lipinski definition) is 1. The van der Waals surface area contributed by atoms with Crippen molar-refractivity contribution < 1.29 is 14.6 Å². The number of hydrogen-bond acceptors (Lipinski definition) is 2. The molecule has 1 rings (SSSR count). The summed E-state index contributed by atoms with van der Waals surface area (Å²) in [5.74, 6) is -1.11. The molecule has 1 heterocycles. The number of rotatable bonds is 1. The van der Waals surface area contributed by atoms with E-state index in [1.54, 1.807) is 0 Å². The van der Waals surface area contributed by atoms with E-state index in [4.69, 9.17) is 9.84 Å². The molecular formula is C7H8O3. The molecule has 3 nitrogen and oxygen atoms in total. The Balaban J connectivity index is 2.93. The van der Waals surface area contributed by atoms with Crippen LogP contribution in [0.4, 0.5) is 0 Å². The number of ether oxygens (including phenoxy) is 1. The van der Waals surface area contributed by atoms with Gasteiger partial charge in [-0.25, -0.2) is 4.79 Å². The van der Waals surface area contributed by atoms with E-state index in [1.165, 1.54) is 0 Å². The van der Waals surface area contributed by atoms with Gasteiger partial charge in [-0.3, -0.25) is 0 Å². The maximum absolute atomic E-state index is 10.3. The predicted octanol–water partition coefficient (Wildman–Crippen LogP) is 0.920. The Labute approximate surface area is 58.6 Å². The first kappa shape index (κ1) is 6.90. The van der Waals surface area contributed by atoms with Gasteiger partial charge in [-0.2, -0.15) is 0 Å². The third kappa shape index (κ3) is 1.39. The van der Waals surface area contributed by atoms with Gasteiger partial charge in [0.15, 0.2) is 0 Å². The molecule has 0 saturated carbocycles. The molecule has 0 bridgehead atoms. The van der Waals surface area contributed by atoms with E-state index in [-0.39, 0.29) is 5.76 Å². The Morgan fingerprint density at radius 2 is 2.50 bits per heavy atom. The van der Waals surface area contributed by atoms with Crippen molar-refractivity contribution in [2.45, 2.75) is 13.3 Å². The molecule has 54 valence electrons. The van der Waals surface area contributed by atoms with Crippen LogP contribution in [0.15, 0.2) is 17.1 Å². The summed E-state index contributed by atoms with van der Waals surface area (Å²) in [4.78, 5) is 10.3. The lowest BCUT2D eigenvalue weighted by molar-refractivity contribution is -0.136. The van der Waals surface area contributed by atoms with Crippen molar-refractivity contribution in [2.75, 3.05) is 6.61 Å². The second-order valence-corrected chi connectivity index (χ2v) is 2.14. The Kier molecular flexibility index (Phi) is 1.78. The van der Waals surface area contributed by atoms with Gasteiger partial charge in [0.1, 0.15) is 0 Å². The molecule has 3 heteroatoms. The highest BCUT2D eigenvalue weighted by atomic mass is 16.5. The SMILES string of the molecule is CC1=C=C(C(=O)O)OCC1. The fourth-order valence-electron chi connectivity index (χ4n) is 0.714. The normalized spacial score (nSPS) is 16.9. The molecule has 0 saturated heterocycles. The van der Waals surface area contributed by atoms with Gasteiger partial charge in [0, 0.05) is 6.42 Å². The van der Waals surface area contributed by atoms with Crippen LogP contribution in [0.25, 0.3) is 0 Å². The quantitative estimate of drug-likeness (QED) is 0.551. The van der Waals surface area contributed by atoms with E-state index >= 15 is 0 Å². The van der Waals surface area contributed by atoms with Crippen molar-refractivity contribution in [2.24, 2.45) is 0 Å². The first-order valence-corrected chi connectivity index (χ1v) is 3.02. The van der Waals surface area contributed by atoms with Gasteiger partial charge in [-0.1, -0.05) is 5.73 Å². The fourth-order valence-corrected chi connectivity index (χ4v) is 0.714. The minimum absolute atomic E-state index is 0.0660. The van der Waals surface area contributed by atoms with E-state index in [9.17, 15) is 4.79 Å². The van der Waals surface area contributed by atoms with E-state index < -0.39 is 5.97 Å². The summed E-state index contributed by atoms with van der Waals surface area (Å²) in [5, 5.41) is 8.42. The molecule has 1 aliphatic rings. The summed E-state index contributed by atoms with van der Waals surface area (Å²) in [6.07, 6.45) is 0.775. The van der Waals surface area contributed by atoms with Crippen molar-refractivity contribution in [3.05, 3.63) is 17.1 Å². The smallest absolute Gasteiger partial charge is 0.379 e.